The van der Waals surface area contributed by atoms with Crippen molar-refractivity contribution in [1.29, 1.82) is 0 Å². The number of carbonyl (C=O) groups is 2. The topological polar surface area (TPSA) is 87.0 Å². The normalized spacial score (nSPS) is 11.7. The molecule has 7 nitrogen and oxygen atoms in total. The Morgan fingerprint density at radius 2 is 2.00 bits per heavy atom. The van der Waals surface area contributed by atoms with Gasteiger partial charge in [0.1, 0.15) is 5.76 Å². The third-order valence-electron chi connectivity index (χ3n) is 3.29. The quantitative estimate of drug-likeness (QED) is 0.720. The van der Waals surface area contributed by atoms with Crippen LogP contribution >= 0.6 is 0 Å². The monoisotopic (exact) mass is 369 g/mol. The number of benzene rings is 1. The maximum atomic E-state index is 12.3. The number of hydrogen-bond acceptors (Lipinski definition) is 6. The first-order chi connectivity index (χ1) is 12.4. The van der Waals surface area contributed by atoms with Crippen LogP contribution in [0.1, 0.15) is 23.0 Å². The van der Waals surface area contributed by atoms with Gasteiger partial charge in [-0.2, -0.15) is 8.78 Å². The fraction of sp³-hybridized carbons (Fsp3) is 0.294. The van der Waals surface area contributed by atoms with Crippen LogP contribution in [-0.2, 0) is 16.1 Å². The zero-order chi connectivity index (χ0) is 19.1. The zero-order valence-electron chi connectivity index (χ0n) is 14.0. The van der Waals surface area contributed by atoms with Crippen LogP contribution in [0, 0.1) is 0 Å². The number of ether oxygens (including phenoxy) is 3. The van der Waals surface area contributed by atoms with Crippen molar-refractivity contribution in [2.45, 2.75) is 26.2 Å². The van der Waals surface area contributed by atoms with Crippen LogP contribution in [-0.4, -0.2) is 31.7 Å². The maximum absolute atomic E-state index is 12.3. The molecule has 1 heterocycles. The molecule has 0 radical (unpaired) electrons. The lowest BCUT2D eigenvalue weighted by atomic mass is 10.2. The lowest BCUT2D eigenvalue weighted by Gasteiger charge is -2.14. The SMILES string of the molecule is COc1cc(C(=O)O[C@@H](C)C(=O)NCc2ccco2)ccc1OC(F)F. The van der Waals surface area contributed by atoms with Crippen molar-refractivity contribution in [3.63, 3.8) is 0 Å². The third-order valence-corrected chi connectivity index (χ3v) is 3.29. The van der Waals surface area contributed by atoms with E-state index in [1.54, 1.807) is 12.1 Å². The van der Waals surface area contributed by atoms with Crippen molar-refractivity contribution in [3.05, 3.63) is 47.9 Å². The molecule has 0 saturated heterocycles. The molecule has 2 rings (SSSR count). The number of esters is 1. The molecule has 0 spiro atoms. The standard InChI is InChI=1S/C17H17F2NO6/c1-10(15(21)20-9-12-4-3-7-24-12)25-16(22)11-5-6-13(26-17(18)19)14(8-11)23-2/h3-8,10,17H,9H2,1-2H3,(H,20,21)/t10-/m0/s1. The highest BCUT2D eigenvalue weighted by molar-refractivity contribution is 5.92. The van der Waals surface area contributed by atoms with Gasteiger partial charge in [0.15, 0.2) is 17.6 Å². The summed E-state index contributed by atoms with van der Waals surface area (Å²) >= 11 is 0. The molecule has 0 saturated carbocycles. The third kappa shape index (κ3) is 5.20. The summed E-state index contributed by atoms with van der Waals surface area (Å²) in [6.45, 7) is -1.47. The Kier molecular flexibility index (Phi) is 6.54. The van der Waals surface area contributed by atoms with Crippen LogP contribution in [0.2, 0.25) is 0 Å². The van der Waals surface area contributed by atoms with Gasteiger partial charge in [-0.1, -0.05) is 0 Å². The molecular weight excluding hydrogens is 352 g/mol. The molecule has 0 aliphatic carbocycles. The van der Waals surface area contributed by atoms with Crippen molar-refractivity contribution >= 4 is 11.9 Å². The van der Waals surface area contributed by atoms with Gasteiger partial charge in [-0.3, -0.25) is 4.79 Å². The fourth-order valence-electron chi connectivity index (χ4n) is 2.00. The summed E-state index contributed by atoms with van der Waals surface area (Å²) in [6.07, 6.45) is 0.403. The summed E-state index contributed by atoms with van der Waals surface area (Å²) in [5.41, 5.74) is 0.0224. The van der Waals surface area contributed by atoms with E-state index in [1.165, 1.54) is 32.4 Å². The first-order valence-electron chi connectivity index (χ1n) is 7.54. The van der Waals surface area contributed by atoms with E-state index in [9.17, 15) is 18.4 Å². The van der Waals surface area contributed by atoms with Crippen LogP contribution in [0.15, 0.2) is 41.0 Å². The summed E-state index contributed by atoms with van der Waals surface area (Å²) in [5.74, 6) is -1.05. The number of halogens is 2. The average Bonchev–Trinajstić information content (AvgIpc) is 3.12. The summed E-state index contributed by atoms with van der Waals surface area (Å²) in [4.78, 5) is 24.1. The molecule has 1 amide bonds. The lowest BCUT2D eigenvalue weighted by Crippen LogP contribution is -2.35. The Balaban J connectivity index is 1.96. The zero-order valence-corrected chi connectivity index (χ0v) is 14.0. The number of amides is 1. The Morgan fingerprint density at radius 3 is 2.62 bits per heavy atom. The highest BCUT2D eigenvalue weighted by Gasteiger charge is 2.20. The molecule has 1 aromatic heterocycles. The van der Waals surface area contributed by atoms with Crippen molar-refractivity contribution in [1.82, 2.24) is 5.32 Å². The van der Waals surface area contributed by atoms with Crippen molar-refractivity contribution in [2.75, 3.05) is 7.11 Å². The van der Waals surface area contributed by atoms with Crippen molar-refractivity contribution in [2.24, 2.45) is 0 Å². The Labute approximate surface area is 147 Å². The summed E-state index contributed by atoms with van der Waals surface area (Å²) in [7, 11) is 1.24. The molecule has 0 bridgehead atoms. The van der Waals surface area contributed by atoms with Gasteiger partial charge in [0.25, 0.3) is 5.91 Å². The molecule has 2 aromatic rings. The second-order valence-corrected chi connectivity index (χ2v) is 5.09. The highest BCUT2D eigenvalue weighted by atomic mass is 19.3. The molecule has 0 aliphatic heterocycles. The first-order valence-corrected chi connectivity index (χ1v) is 7.54. The van der Waals surface area contributed by atoms with E-state index in [0.29, 0.717) is 5.76 Å². The van der Waals surface area contributed by atoms with E-state index >= 15 is 0 Å². The molecule has 1 atom stereocenters. The maximum Gasteiger partial charge on any atom is 0.387 e. The average molecular weight is 369 g/mol. The number of methoxy groups -OCH3 is 1. The molecule has 0 unspecified atom stereocenters. The van der Waals surface area contributed by atoms with Crippen LogP contribution in [0.3, 0.4) is 0 Å². The molecule has 140 valence electrons. The summed E-state index contributed by atoms with van der Waals surface area (Å²) in [5, 5.41) is 2.56. The first kappa shape index (κ1) is 19.2. The van der Waals surface area contributed by atoms with Gasteiger partial charge in [-0.25, -0.2) is 4.79 Å². The highest BCUT2D eigenvalue weighted by Crippen LogP contribution is 2.29. The molecule has 1 aromatic carbocycles. The van der Waals surface area contributed by atoms with Crippen molar-refractivity contribution < 1.29 is 37.0 Å². The largest absolute Gasteiger partial charge is 0.493 e. The molecule has 0 aliphatic rings. The molecule has 26 heavy (non-hydrogen) atoms. The lowest BCUT2D eigenvalue weighted by molar-refractivity contribution is -0.129. The van der Waals surface area contributed by atoms with Gasteiger partial charge in [-0.15, -0.1) is 0 Å². The van der Waals surface area contributed by atoms with Gasteiger partial charge in [-0.05, 0) is 37.3 Å². The van der Waals surface area contributed by atoms with E-state index in [-0.39, 0.29) is 23.6 Å². The van der Waals surface area contributed by atoms with Crippen LogP contribution in [0.25, 0.3) is 0 Å². The van der Waals surface area contributed by atoms with Gasteiger partial charge in [0.05, 0.1) is 25.5 Å². The Hall–Kier alpha value is -3.10. The molecule has 9 heteroatoms. The predicted octanol–water partition coefficient (Wildman–Crippen LogP) is 2.75. The van der Waals surface area contributed by atoms with Crippen LogP contribution in [0.4, 0.5) is 8.78 Å². The number of alkyl halides is 2. The fourth-order valence-corrected chi connectivity index (χ4v) is 2.00. The minimum absolute atomic E-state index is 0.0224. The smallest absolute Gasteiger partial charge is 0.387 e. The van der Waals surface area contributed by atoms with E-state index in [1.807, 2.05) is 0 Å². The van der Waals surface area contributed by atoms with E-state index in [2.05, 4.69) is 10.1 Å². The van der Waals surface area contributed by atoms with Gasteiger partial charge in [0.2, 0.25) is 0 Å². The summed E-state index contributed by atoms with van der Waals surface area (Å²) < 4.78 is 43.9. The second kappa shape index (κ2) is 8.84. The Bertz CT molecular complexity index is 748. The number of rotatable bonds is 8. The minimum Gasteiger partial charge on any atom is -0.493 e. The minimum atomic E-state index is -3.03. The number of hydrogen-bond donors (Lipinski definition) is 1. The van der Waals surface area contributed by atoms with Crippen molar-refractivity contribution in [3.8, 4) is 11.5 Å². The van der Waals surface area contributed by atoms with Gasteiger partial charge >= 0.3 is 12.6 Å². The predicted molar refractivity (Wildman–Crippen MR) is 85.1 cm³/mol. The molecular formula is C17H17F2NO6. The number of nitrogens with one attached hydrogen (secondary N) is 1. The molecule has 1 N–H and O–H groups in total. The van der Waals surface area contributed by atoms with Crippen LogP contribution < -0.4 is 14.8 Å². The van der Waals surface area contributed by atoms with E-state index in [4.69, 9.17) is 13.9 Å². The number of carbonyl (C=O) groups excluding carboxylic acids is 2. The van der Waals surface area contributed by atoms with Crippen LogP contribution in [0.5, 0.6) is 11.5 Å². The Morgan fingerprint density at radius 1 is 1.23 bits per heavy atom. The number of furan rings is 1. The van der Waals surface area contributed by atoms with E-state index in [0.717, 1.165) is 6.07 Å². The molecule has 0 fully saturated rings. The van der Waals surface area contributed by atoms with Gasteiger partial charge in [0, 0.05) is 0 Å². The summed E-state index contributed by atoms with van der Waals surface area (Å²) in [6, 6.07) is 6.94. The van der Waals surface area contributed by atoms with E-state index < -0.39 is 24.6 Å². The van der Waals surface area contributed by atoms with Gasteiger partial charge < -0.3 is 23.9 Å². The second-order valence-electron chi connectivity index (χ2n) is 5.09.